The van der Waals surface area contributed by atoms with Crippen LogP contribution in [0.3, 0.4) is 0 Å². The molecule has 0 saturated heterocycles. The number of anilines is 1. The van der Waals surface area contributed by atoms with Gasteiger partial charge in [-0.3, -0.25) is 0 Å². The molecule has 1 aromatic heterocycles. The maximum Gasteiger partial charge on any atom is 0.129 e. The molecule has 0 atom stereocenters. The lowest BCUT2D eigenvalue weighted by Gasteiger charge is -2.10. The molecular formula is C13H21N3. The highest BCUT2D eigenvalue weighted by atomic mass is 15.0. The first-order valence-corrected chi connectivity index (χ1v) is 6.30. The van der Waals surface area contributed by atoms with Crippen molar-refractivity contribution in [2.45, 2.75) is 46.0 Å². The Morgan fingerprint density at radius 3 is 2.69 bits per heavy atom. The first-order valence-electron chi connectivity index (χ1n) is 6.30. The van der Waals surface area contributed by atoms with Crippen molar-refractivity contribution >= 4 is 5.82 Å². The Morgan fingerprint density at radius 1 is 1.25 bits per heavy atom. The third-order valence-corrected chi connectivity index (χ3v) is 3.30. The lowest BCUT2D eigenvalue weighted by Crippen LogP contribution is -2.08. The van der Waals surface area contributed by atoms with E-state index in [1.807, 2.05) is 19.9 Å². The highest BCUT2D eigenvalue weighted by molar-refractivity contribution is 5.35. The van der Waals surface area contributed by atoms with Gasteiger partial charge in [0, 0.05) is 18.3 Å². The maximum atomic E-state index is 4.38. The third-order valence-electron chi connectivity index (χ3n) is 3.30. The van der Waals surface area contributed by atoms with Gasteiger partial charge in [-0.25, -0.2) is 9.97 Å². The number of hydrogen-bond donors (Lipinski definition) is 1. The van der Waals surface area contributed by atoms with Crippen LogP contribution in [-0.4, -0.2) is 16.5 Å². The average molecular weight is 219 g/mol. The molecule has 0 unspecified atom stereocenters. The van der Waals surface area contributed by atoms with Crippen molar-refractivity contribution in [3.05, 3.63) is 17.6 Å². The van der Waals surface area contributed by atoms with E-state index >= 15 is 0 Å². The summed E-state index contributed by atoms with van der Waals surface area (Å²) in [5, 5.41) is 3.40. The molecule has 1 heterocycles. The number of hydrogen-bond acceptors (Lipinski definition) is 3. The number of nitrogens with one attached hydrogen (secondary N) is 1. The molecular weight excluding hydrogens is 198 g/mol. The molecule has 0 amide bonds. The van der Waals surface area contributed by atoms with Crippen LogP contribution in [0.2, 0.25) is 0 Å². The Balaban J connectivity index is 1.80. The SMILES string of the molecule is Cc1cc(NCCC2CCCC2)nc(C)n1. The van der Waals surface area contributed by atoms with Crippen molar-refractivity contribution in [2.75, 3.05) is 11.9 Å². The van der Waals surface area contributed by atoms with Crippen LogP contribution in [0.25, 0.3) is 0 Å². The summed E-state index contributed by atoms with van der Waals surface area (Å²) in [6, 6.07) is 2.02. The number of nitrogens with zero attached hydrogens (tertiary/aromatic N) is 2. The minimum atomic E-state index is 0.850. The number of rotatable bonds is 4. The van der Waals surface area contributed by atoms with Crippen molar-refractivity contribution in [2.24, 2.45) is 5.92 Å². The van der Waals surface area contributed by atoms with Crippen LogP contribution >= 0.6 is 0 Å². The first-order chi connectivity index (χ1) is 7.74. The largest absolute Gasteiger partial charge is 0.370 e. The van der Waals surface area contributed by atoms with Crippen LogP contribution in [0, 0.1) is 19.8 Å². The molecule has 1 aliphatic rings. The van der Waals surface area contributed by atoms with Gasteiger partial charge >= 0.3 is 0 Å². The molecule has 1 aromatic rings. The van der Waals surface area contributed by atoms with Gasteiger partial charge in [0.25, 0.3) is 0 Å². The zero-order valence-electron chi connectivity index (χ0n) is 10.3. The molecule has 1 fully saturated rings. The predicted octanol–water partition coefficient (Wildman–Crippen LogP) is 3.09. The van der Waals surface area contributed by atoms with E-state index in [-0.39, 0.29) is 0 Å². The van der Waals surface area contributed by atoms with Crippen molar-refractivity contribution in [3.63, 3.8) is 0 Å². The minimum Gasteiger partial charge on any atom is -0.370 e. The van der Waals surface area contributed by atoms with E-state index in [0.717, 1.165) is 29.8 Å². The average Bonchev–Trinajstić information content (AvgIpc) is 2.69. The first kappa shape index (κ1) is 11.4. The van der Waals surface area contributed by atoms with Gasteiger partial charge in [0.15, 0.2) is 0 Å². The van der Waals surface area contributed by atoms with E-state index in [0.29, 0.717) is 0 Å². The maximum absolute atomic E-state index is 4.38. The zero-order chi connectivity index (χ0) is 11.4. The van der Waals surface area contributed by atoms with E-state index in [2.05, 4.69) is 15.3 Å². The Hall–Kier alpha value is -1.12. The second-order valence-corrected chi connectivity index (χ2v) is 4.81. The van der Waals surface area contributed by atoms with E-state index in [1.165, 1.54) is 32.1 Å². The molecule has 2 rings (SSSR count). The Kier molecular flexibility index (Phi) is 3.75. The highest BCUT2D eigenvalue weighted by Gasteiger charge is 2.14. The molecule has 3 heteroatoms. The van der Waals surface area contributed by atoms with Crippen LogP contribution in [-0.2, 0) is 0 Å². The summed E-state index contributed by atoms with van der Waals surface area (Å²) in [7, 11) is 0. The quantitative estimate of drug-likeness (QED) is 0.845. The van der Waals surface area contributed by atoms with Gasteiger partial charge in [-0.05, 0) is 26.2 Å². The molecule has 1 saturated carbocycles. The minimum absolute atomic E-state index is 0.850. The molecule has 3 nitrogen and oxygen atoms in total. The molecule has 0 aliphatic heterocycles. The van der Waals surface area contributed by atoms with E-state index in [4.69, 9.17) is 0 Å². The standard InChI is InChI=1S/C13H21N3/c1-10-9-13(16-11(2)15-10)14-8-7-12-5-3-4-6-12/h9,12H,3-8H2,1-2H3,(H,14,15,16). The van der Waals surface area contributed by atoms with Gasteiger partial charge in [0.2, 0.25) is 0 Å². The second kappa shape index (κ2) is 5.28. The lowest BCUT2D eigenvalue weighted by atomic mass is 10.0. The Morgan fingerprint density at radius 2 is 2.00 bits per heavy atom. The molecule has 1 N–H and O–H groups in total. The summed E-state index contributed by atoms with van der Waals surface area (Å²) in [6.07, 6.45) is 6.97. The van der Waals surface area contributed by atoms with Gasteiger partial charge in [-0.2, -0.15) is 0 Å². The van der Waals surface area contributed by atoms with Gasteiger partial charge in [0.05, 0.1) is 0 Å². The molecule has 1 aliphatic carbocycles. The second-order valence-electron chi connectivity index (χ2n) is 4.81. The van der Waals surface area contributed by atoms with Crippen molar-refractivity contribution in [1.82, 2.24) is 9.97 Å². The van der Waals surface area contributed by atoms with Gasteiger partial charge < -0.3 is 5.32 Å². The number of aromatic nitrogens is 2. The van der Waals surface area contributed by atoms with E-state index in [1.54, 1.807) is 0 Å². The van der Waals surface area contributed by atoms with Crippen molar-refractivity contribution in [1.29, 1.82) is 0 Å². The van der Waals surface area contributed by atoms with Crippen molar-refractivity contribution in [3.8, 4) is 0 Å². The highest BCUT2D eigenvalue weighted by Crippen LogP contribution is 2.27. The lowest BCUT2D eigenvalue weighted by molar-refractivity contribution is 0.518. The fourth-order valence-electron chi connectivity index (χ4n) is 2.51. The fraction of sp³-hybridized carbons (Fsp3) is 0.692. The molecule has 0 radical (unpaired) electrons. The van der Waals surface area contributed by atoms with Gasteiger partial charge in [-0.15, -0.1) is 0 Å². The van der Waals surface area contributed by atoms with Crippen LogP contribution in [0.1, 0.15) is 43.6 Å². The molecule has 0 aromatic carbocycles. The smallest absolute Gasteiger partial charge is 0.129 e. The van der Waals surface area contributed by atoms with E-state index < -0.39 is 0 Å². The molecule has 0 spiro atoms. The molecule has 88 valence electrons. The van der Waals surface area contributed by atoms with Crippen LogP contribution < -0.4 is 5.32 Å². The van der Waals surface area contributed by atoms with Crippen LogP contribution in [0.15, 0.2) is 6.07 Å². The van der Waals surface area contributed by atoms with Crippen molar-refractivity contribution < 1.29 is 0 Å². The van der Waals surface area contributed by atoms with Gasteiger partial charge in [0.1, 0.15) is 11.6 Å². The summed E-state index contributed by atoms with van der Waals surface area (Å²) in [4.78, 5) is 8.64. The Bertz CT molecular complexity index is 323. The zero-order valence-corrected chi connectivity index (χ0v) is 10.3. The topological polar surface area (TPSA) is 37.8 Å². The predicted molar refractivity (Wildman–Crippen MR) is 66.6 cm³/mol. The molecule has 16 heavy (non-hydrogen) atoms. The fourth-order valence-corrected chi connectivity index (χ4v) is 2.51. The summed E-state index contributed by atoms with van der Waals surface area (Å²) >= 11 is 0. The summed E-state index contributed by atoms with van der Waals surface area (Å²) in [5.41, 5.74) is 1.04. The number of aryl methyl sites for hydroxylation is 2. The molecule has 0 bridgehead atoms. The van der Waals surface area contributed by atoms with Gasteiger partial charge in [-0.1, -0.05) is 25.7 Å². The summed E-state index contributed by atoms with van der Waals surface area (Å²) in [6.45, 7) is 4.99. The third kappa shape index (κ3) is 3.19. The van der Waals surface area contributed by atoms with Crippen LogP contribution in [0.4, 0.5) is 5.82 Å². The van der Waals surface area contributed by atoms with E-state index in [9.17, 15) is 0 Å². The summed E-state index contributed by atoms with van der Waals surface area (Å²) < 4.78 is 0. The monoisotopic (exact) mass is 219 g/mol. The summed E-state index contributed by atoms with van der Waals surface area (Å²) in [5.74, 6) is 2.77. The Labute approximate surface area is 97.7 Å². The normalized spacial score (nSPS) is 16.6. The van der Waals surface area contributed by atoms with Crippen LogP contribution in [0.5, 0.6) is 0 Å².